The van der Waals surface area contributed by atoms with Crippen molar-refractivity contribution >= 4 is 32.9 Å². The zero-order valence-corrected chi connectivity index (χ0v) is 12.4. The lowest BCUT2D eigenvalue weighted by atomic mass is 10.1. The van der Waals surface area contributed by atoms with Gasteiger partial charge < -0.3 is 4.74 Å². The molecule has 1 aromatic rings. The summed E-state index contributed by atoms with van der Waals surface area (Å²) in [6.07, 6.45) is 0. The fraction of sp³-hybridized carbons (Fsp3) is 0.500. The minimum absolute atomic E-state index is 0. The predicted molar refractivity (Wildman–Crippen MR) is 75.6 cm³/mol. The van der Waals surface area contributed by atoms with E-state index >= 15 is 0 Å². The molecule has 1 atom stereocenters. The number of halogens is 2. The number of benzene rings is 1. The molecule has 16 heavy (non-hydrogen) atoms. The van der Waals surface area contributed by atoms with Crippen molar-refractivity contribution in [2.45, 2.75) is 12.6 Å². The first-order valence-corrected chi connectivity index (χ1v) is 6.44. The summed E-state index contributed by atoms with van der Waals surface area (Å²) in [6.45, 7) is 3.76. The van der Waals surface area contributed by atoms with Crippen LogP contribution in [0.2, 0.25) is 0 Å². The van der Waals surface area contributed by atoms with Gasteiger partial charge in [-0.25, -0.2) is 0 Å². The molecule has 0 N–H and O–H groups in total. The second-order valence-electron chi connectivity index (χ2n) is 3.84. The third-order valence-electron chi connectivity index (χ3n) is 2.76. The van der Waals surface area contributed by atoms with Gasteiger partial charge in [-0.1, -0.05) is 46.3 Å². The molecular weight excluding hydrogens is 334 g/mol. The summed E-state index contributed by atoms with van der Waals surface area (Å²) >= 11 is 3.54. The molecule has 1 aliphatic heterocycles. The Balaban J connectivity index is 0.00000128. The Kier molecular flexibility index (Phi) is 6.58. The molecule has 1 fully saturated rings. The molecule has 1 saturated heterocycles. The topological polar surface area (TPSA) is 12.5 Å². The van der Waals surface area contributed by atoms with Gasteiger partial charge in [0, 0.05) is 24.5 Å². The largest absolute Gasteiger partial charge is 0.378 e. The molecule has 0 radical (unpaired) electrons. The third-order valence-corrected chi connectivity index (χ3v) is 3.50. The maximum Gasteiger partial charge on any atom is 0.0630 e. The van der Waals surface area contributed by atoms with Crippen LogP contribution in [0.4, 0.5) is 0 Å². The Labute approximate surface area is 116 Å². The average molecular weight is 351 g/mol. The summed E-state index contributed by atoms with van der Waals surface area (Å²) < 4.78 is 5.47. The number of alkyl halides is 1. The van der Waals surface area contributed by atoms with E-state index in [0.717, 1.165) is 31.6 Å². The van der Waals surface area contributed by atoms with E-state index in [1.807, 2.05) is 0 Å². The summed E-state index contributed by atoms with van der Waals surface area (Å²) in [4.78, 5) is 2.48. The van der Waals surface area contributed by atoms with Crippen molar-refractivity contribution < 1.29 is 4.74 Å². The molecule has 90 valence electrons. The number of rotatable bonds is 3. The van der Waals surface area contributed by atoms with Crippen molar-refractivity contribution in [3.8, 4) is 0 Å². The highest BCUT2D eigenvalue weighted by atomic mass is 79.9. The van der Waals surface area contributed by atoms with Crippen LogP contribution >= 0.6 is 32.9 Å². The van der Waals surface area contributed by atoms with Crippen molar-refractivity contribution in [1.29, 1.82) is 0 Å². The maximum atomic E-state index is 5.47. The Bertz CT molecular complexity index is 294. The third kappa shape index (κ3) is 3.84. The first kappa shape index (κ1) is 14.2. The van der Waals surface area contributed by atoms with Gasteiger partial charge in [-0.2, -0.15) is 0 Å². The van der Waals surface area contributed by atoms with E-state index in [2.05, 4.69) is 51.2 Å². The van der Waals surface area contributed by atoms with Crippen LogP contribution in [0.5, 0.6) is 0 Å². The molecule has 2 rings (SSSR count). The van der Waals surface area contributed by atoms with Crippen molar-refractivity contribution in [3.63, 3.8) is 0 Å². The Morgan fingerprint density at radius 1 is 1.31 bits per heavy atom. The summed E-state index contributed by atoms with van der Waals surface area (Å²) in [5, 5.41) is 0.986. The number of hydrogen-bond acceptors (Lipinski definition) is 2. The molecule has 0 bridgehead atoms. The highest BCUT2D eigenvalue weighted by molar-refractivity contribution is 9.09. The summed E-state index contributed by atoms with van der Waals surface area (Å²) in [5.74, 6) is 0. The molecule has 4 heteroatoms. The highest BCUT2D eigenvalue weighted by Gasteiger charge is 2.21. The van der Waals surface area contributed by atoms with Gasteiger partial charge in [0.15, 0.2) is 0 Å². The number of nitrogens with zero attached hydrogens (tertiary/aromatic N) is 1. The molecule has 0 aliphatic carbocycles. The van der Waals surface area contributed by atoms with Crippen LogP contribution in [0.3, 0.4) is 0 Å². The van der Waals surface area contributed by atoms with Crippen molar-refractivity contribution in [1.82, 2.24) is 4.90 Å². The summed E-state index contributed by atoms with van der Waals surface area (Å²) in [6, 6.07) is 11.1. The average Bonchev–Trinajstić information content (AvgIpc) is 2.31. The van der Waals surface area contributed by atoms with E-state index in [-0.39, 0.29) is 17.0 Å². The summed E-state index contributed by atoms with van der Waals surface area (Å²) in [7, 11) is 0. The fourth-order valence-corrected chi connectivity index (χ4v) is 2.45. The van der Waals surface area contributed by atoms with Gasteiger partial charge >= 0.3 is 0 Å². The number of hydrogen-bond donors (Lipinski definition) is 0. The Morgan fingerprint density at radius 2 is 2.06 bits per heavy atom. The minimum Gasteiger partial charge on any atom is -0.378 e. The Hall–Kier alpha value is 0.1000. The van der Waals surface area contributed by atoms with Gasteiger partial charge in [0.25, 0.3) is 0 Å². The van der Waals surface area contributed by atoms with Crippen LogP contribution in [0, 0.1) is 0 Å². The Morgan fingerprint density at radius 3 is 2.75 bits per heavy atom. The van der Waals surface area contributed by atoms with Gasteiger partial charge in [0.1, 0.15) is 0 Å². The zero-order chi connectivity index (χ0) is 10.5. The van der Waals surface area contributed by atoms with Crippen LogP contribution in [-0.4, -0.2) is 36.0 Å². The second-order valence-corrected chi connectivity index (χ2v) is 4.49. The molecule has 1 heterocycles. The molecule has 0 unspecified atom stereocenters. The normalized spacial score (nSPS) is 21.4. The van der Waals surface area contributed by atoms with Crippen molar-refractivity contribution in [2.75, 3.05) is 25.1 Å². The van der Waals surface area contributed by atoms with Crippen LogP contribution in [0.1, 0.15) is 5.56 Å². The van der Waals surface area contributed by atoms with Crippen LogP contribution in [-0.2, 0) is 11.3 Å². The van der Waals surface area contributed by atoms with Crippen molar-refractivity contribution in [3.05, 3.63) is 35.9 Å². The molecule has 1 aromatic carbocycles. The number of ether oxygens (including phenoxy) is 1. The lowest BCUT2D eigenvalue weighted by Gasteiger charge is -2.34. The van der Waals surface area contributed by atoms with Gasteiger partial charge in [0.05, 0.1) is 13.2 Å². The van der Waals surface area contributed by atoms with E-state index in [1.54, 1.807) is 0 Å². The van der Waals surface area contributed by atoms with E-state index in [4.69, 9.17) is 4.74 Å². The maximum absolute atomic E-state index is 5.47. The molecule has 2 nitrogen and oxygen atoms in total. The highest BCUT2D eigenvalue weighted by Crippen LogP contribution is 2.13. The first-order valence-electron chi connectivity index (χ1n) is 5.32. The second kappa shape index (κ2) is 7.43. The van der Waals surface area contributed by atoms with Crippen LogP contribution < -0.4 is 0 Å². The smallest absolute Gasteiger partial charge is 0.0630 e. The molecule has 1 aliphatic rings. The van der Waals surface area contributed by atoms with E-state index in [0.29, 0.717) is 6.04 Å². The lowest BCUT2D eigenvalue weighted by Crippen LogP contribution is -2.45. The van der Waals surface area contributed by atoms with Gasteiger partial charge in [0.2, 0.25) is 0 Å². The van der Waals surface area contributed by atoms with Crippen LogP contribution in [0.25, 0.3) is 0 Å². The SMILES string of the molecule is Br.BrC[C@@H]1COCCN1Cc1ccccc1. The van der Waals surface area contributed by atoms with Crippen molar-refractivity contribution in [2.24, 2.45) is 0 Å². The molecule has 0 saturated carbocycles. The van der Waals surface area contributed by atoms with E-state index < -0.39 is 0 Å². The first-order chi connectivity index (χ1) is 7.40. The molecule has 0 amide bonds. The lowest BCUT2D eigenvalue weighted by molar-refractivity contribution is -0.00212. The van der Waals surface area contributed by atoms with Gasteiger partial charge in [-0.3, -0.25) is 4.90 Å². The van der Waals surface area contributed by atoms with Crippen LogP contribution in [0.15, 0.2) is 30.3 Å². The quantitative estimate of drug-likeness (QED) is 0.777. The zero-order valence-electron chi connectivity index (χ0n) is 9.14. The molecule has 0 aromatic heterocycles. The minimum atomic E-state index is 0. The summed E-state index contributed by atoms with van der Waals surface area (Å²) in [5.41, 5.74) is 1.38. The molecule has 0 spiro atoms. The standard InChI is InChI=1S/C12H16BrNO.BrH/c13-8-12-10-15-7-6-14(12)9-11-4-2-1-3-5-11;/h1-5,12H,6-10H2;1H/t12-;/m1./s1. The van der Waals surface area contributed by atoms with Gasteiger partial charge in [-0.15, -0.1) is 17.0 Å². The van der Waals surface area contributed by atoms with Gasteiger partial charge in [-0.05, 0) is 5.56 Å². The number of morpholine rings is 1. The predicted octanol–water partition coefficient (Wildman–Crippen LogP) is 2.86. The van der Waals surface area contributed by atoms with E-state index in [9.17, 15) is 0 Å². The monoisotopic (exact) mass is 349 g/mol. The molecular formula is C12H17Br2NO. The van der Waals surface area contributed by atoms with E-state index in [1.165, 1.54) is 5.56 Å². The fourth-order valence-electron chi connectivity index (χ4n) is 1.86.